The van der Waals surface area contributed by atoms with E-state index in [1.54, 1.807) is 0 Å². The fraction of sp³-hybridized carbons (Fsp3) is 0.214. The average molecular weight is 455 g/mol. The summed E-state index contributed by atoms with van der Waals surface area (Å²) in [6.45, 7) is 1.96. The monoisotopic (exact) mass is 454 g/mol. The summed E-state index contributed by atoms with van der Waals surface area (Å²) >= 11 is 0. The predicted molar refractivity (Wildman–Crippen MR) is 138 cm³/mol. The molecule has 0 unspecified atom stereocenters. The number of aromatic nitrogens is 1. The first-order chi connectivity index (χ1) is 16.4. The van der Waals surface area contributed by atoms with Gasteiger partial charge in [-0.05, 0) is 47.0 Å². The molecular weight excluding hydrogens is 424 g/mol. The number of amides is 2. The molecule has 34 heavy (non-hydrogen) atoms. The molecule has 0 aliphatic rings. The number of benzene rings is 3. The molecule has 6 nitrogen and oxygen atoms in total. The van der Waals surface area contributed by atoms with E-state index < -0.39 is 0 Å². The molecule has 0 radical (unpaired) electrons. The Balaban J connectivity index is 1.51. The van der Waals surface area contributed by atoms with Gasteiger partial charge in [-0.15, -0.1) is 0 Å². The molecule has 6 heteroatoms. The van der Waals surface area contributed by atoms with Crippen LogP contribution in [0.25, 0.3) is 10.9 Å². The van der Waals surface area contributed by atoms with Gasteiger partial charge in [0.05, 0.1) is 6.42 Å². The van der Waals surface area contributed by atoms with Crippen LogP contribution in [0.1, 0.15) is 29.5 Å². The van der Waals surface area contributed by atoms with E-state index in [2.05, 4.69) is 56.9 Å². The summed E-state index contributed by atoms with van der Waals surface area (Å²) in [7, 11) is 4.05. The number of H-pyrrole nitrogens is 1. The lowest BCUT2D eigenvalue weighted by molar-refractivity contribution is -0.120. The standard InChI is InChI=1S/C28H30N4O2/c1-19(33)31-22-12-8-20(9-13-22)16-28(34)30-17-25(21-10-14-23(15-11-21)32(2)3)26-18-29-27-7-5-4-6-24(26)27/h4-15,18,25,29H,16-17H2,1-3H3,(H,30,34)(H,31,33)/t25-/m1/s1. The van der Waals surface area contributed by atoms with Crippen molar-refractivity contribution in [3.8, 4) is 0 Å². The molecule has 3 N–H and O–H groups in total. The fourth-order valence-electron chi connectivity index (χ4n) is 4.17. The van der Waals surface area contributed by atoms with Crippen LogP contribution in [0.2, 0.25) is 0 Å². The Morgan fingerprint density at radius 1 is 0.941 bits per heavy atom. The number of para-hydroxylation sites is 1. The topological polar surface area (TPSA) is 77.2 Å². The molecule has 0 fully saturated rings. The van der Waals surface area contributed by atoms with Crippen molar-refractivity contribution in [3.63, 3.8) is 0 Å². The van der Waals surface area contributed by atoms with E-state index in [9.17, 15) is 9.59 Å². The second kappa shape index (κ2) is 10.3. The van der Waals surface area contributed by atoms with Crippen molar-refractivity contribution in [1.82, 2.24) is 10.3 Å². The summed E-state index contributed by atoms with van der Waals surface area (Å²) in [5, 5.41) is 7.03. The number of fused-ring (bicyclic) bond motifs is 1. The van der Waals surface area contributed by atoms with Gasteiger partial charge >= 0.3 is 0 Å². The van der Waals surface area contributed by atoms with Crippen molar-refractivity contribution in [2.75, 3.05) is 30.9 Å². The van der Waals surface area contributed by atoms with Gasteiger partial charge in [0.2, 0.25) is 11.8 Å². The number of carbonyl (C=O) groups is 2. The van der Waals surface area contributed by atoms with Crippen LogP contribution in [0.4, 0.5) is 11.4 Å². The van der Waals surface area contributed by atoms with Gasteiger partial charge in [-0.25, -0.2) is 0 Å². The maximum Gasteiger partial charge on any atom is 0.224 e. The molecule has 1 atom stereocenters. The molecule has 4 rings (SSSR count). The zero-order valence-corrected chi connectivity index (χ0v) is 19.8. The molecule has 2 amide bonds. The molecule has 1 heterocycles. The van der Waals surface area contributed by atoms with Crippen LogP contribution >= 0.6 is 0 Å². The van der Waals surface area contributed by atoms with E-state index in [0.29, 0.717) is 6.54 Å². The van der Waals surface area contributed by atoms with Crippen molar-refractivity contribution >= 4 is 34.1 Å². The number of hydrogen-bond acceptors (Lipinski definition) is 3. The number of carbonyl (C=O) groups excluding carboxylic acids is 2. The minimum absolute atomic E-state index is 0.0125. The van der Waals surface area contributed by atoms with Crippen molar-refractivity contribution < 1.29 is 9.59 Å². The van der Waals surface area contributed by atoms with Gasteiger partial charge in [0, 0.05) is 62.0 Å². The lowest BCUT2D eigenvalue weighted by atomic mass is 9.90. The summed E-state index contributed by atoms with van der Waals surface area (Å²) in [4.78, 5) is 29.4. The van der Waals surface area contributed by atoms with Gasteiger partial charge in [-0.3, -0.25) is 9.59 Å². The number of nitrogens with zero attached hydrogens (tertiary/aromatic N) is 1. The van der Waals surface area contributed by atoms with Crippen molar-refractivity contribution in [3.05, 3.63) is 95.7 Å². The number of rotatable bonds is 8. The smallest absolute Gasteiger partial charge is 0.224 e. The zero-order valence-electron chi connectivity index (χ0n) is 19.8. The fourth-order valence-corrected chi connectivity index (χ4v) is 4.17. The summed E-state index contributed by atoms with van der Waals surface area (Å²) in [5.41, 5.74) is 6.14. The van der Waals surface area contributed by atoms with Crippen LogP contribution in [0, 0.1) is 0 Å². The van der Waals surface area contributed by atoms with Gasteiger partial charge in [0.1, 0.15) is 0 Å². The van der Waals surface area contributed by atoms with E-state index in [4.69, 9.17) is 0 Å². The number of anilines is 2. The van der Waals surface area contributed by atoms with Gasteiger partial charge in [-0.1, -0.05) is 42.5 Å². The van der Waals surface area contributed by atoms with Crippen LogP contribution < -0.4 is 15.5 Å². The third-order valence-corrected chi connectivity index (χ3v) is 5.95. The van der Waals surface area contributed by atoms with Crippen molar-refractivity contribution in [2.45, 2.75) is 19.3 Å². The highest BCUT2D eigenvalue weighted by molar-refractivity contribution is 5.88. The van der Waals surface area contributed by atoms with Gasteiger partial charge < -0.3 is 20.5 Å². The van der Waals surface area contributed by atoms with Crippen LogP contribution in [-0.2, 0) is 16.0 Å². The van der Waals surface area contributed by atoms with Crippen molar-refractivity contribution in [2.24, 2.45) is 0 Å². The molecule has 0 saturated carbocycles. The summed E-state index contributed by atoms with van der Waals surface area (Å²) < 4.78 is 0. The minimum atomic E-state index is -0.118. The normalized spacial score (nSPS) is 11.7. The quantitative estimate of drug-likeness (QED) is 0.362. The highest BCUT2D eigenvalue weighted by atomic mass is 16.2. The summed E-state index contributed by atoms with van der Waals surface area (Å²) in [6.07, 6.45) is 2.32. The van der Waals surface area contributed by atoms with Crippen LogP contribution in [-0.4, -0.2) is 37.4 Å². The highest BCUT2D eigenvalue weighted by Gasteiger charge is 2.19. The first-order valence-corrected chi connectivity index (χ1v) is 11.4. The molecule has 174 valence electrons. The first-order valence-electron chi connectivity index (χ1n) is 11.4. The van der Waals surface area contributed by atoms with Crippen LogP contribution in [0.15, 0.2) is 79.0 Å². The first kappa shape index (κ1) is 23.1. The Bertz CT molecular complexity index is 1270. The van der Waals surface area contributed by atoms with E-state index in [1.807, 2.05) is 56.7 Å². The van der Waals surface area contributed by atoms with E-state index in [1.165, 1.54) is 6.92 Å². The lowest BCUT2D eigenvalue weighted by Gasteiger charge is -2.20. The van der Waals surface area contributed by atoms with Crippen molar-refractivity contribution in [1.29, 1.82) is 0 Å². The largest absolute Gasteiger partial charge is 0.378 e. The van der Waals surface area contributed by atoms with E-state index >= 15 is 0 Å². The van der Waals surface area contributed by atoms with Crippen LogP contribution in [0.3, 0.4) is 0 Å². The second-order valence-electron chi connectivity index (χ2n) is 8.69. The Labute approximate surface area is 200 Å². The van der Waals surface area contributed by atoms with Gasteiger partial charge in [0.15, 0.2) is 0 Å². The van der Waals surface area contributed by atoms with Gasteiger partial charge in [0.25, 0.3) is 0 Å². The molecule has 4 aromatic rings. The lowest BCUT2D eigenvalue weighted by Crippen LogP contribution is -2.30. The second-order valence-corrected chi connectivity index (χ2v) is 8.69. The van der Waals surface area contributed by atoms with Gasteiger partial charge in [-0.2, -0.15) is 0 Å². The number of aromatic amines is 1. The number of nitrogens with one attached hydrogen (secondary N) is 3. The molecule has 1 aromatic heterocycles. The minimum Gasteiger partial charge on any atom is -0.378 e. The summed E-state index contributed by atoms with van der Waals surface area (Å²) in [5.74, 6) is -0.145. The number of hydrogen-bond donors (Lipinski definition) is 3. The molecule has 0 aliphatic heterocycles. The molecule has 0 aliphatic carbocycles. The SMILES string of the molecule is CC(=O)Nc1ccc(CC(=O)NC[C@H](c2ccc(N(C)C)cc2)c2c[nH]c3ccccc23)cc1. The molecule has 0 spiro atoms. The van der Waals surface area contributed by atoms with Crippen LogP contribution in [0.5, 0.6) is 0 Å². The molecule has 3 aromatic carbocycles. The molecular formula is C28H30N4O2. The van der Waals surface area contributed by atoms with E-state index in [-0.39, 0.29) is 24.2 Å². The maximum absolute atomic E-state index is 12.8. The Morgan fingerprint density at radius 3 is 2.32 bits per heavy atom. The highest BCUT2D eigenvalue weighted by Crippen LogP contribution is 2.31. The Morgan fingerprint density at radius 2 is 1.65 bits per heavy atom. The molecule has 0 saturated heterocycles. The Hall–Kier alpha value is -4.06. The average Bonchev–Trinajstić information content (AvgIpc) is 3.24. The third-order valence-electron chi connectivity index (χ3n) is 5.95. The van der Waals surface area contributed by atoms with E-state index in [0.717, 1.165) is 39.0 Å². The third kappa shape index (κ3) is 5.46. The summed E-state index contributed by atoms with van der Waals surface area (Å²) in [6, 6.07) is 24.1. The molecule has 0 bridgehead atoms. The maximum atomic E-state index is 12.8. The Kier molecular flexibility index (Phi) is 6.97. The predicted octanol–water partition coefficient (Wildman–Crippen LogP) is 4.68. The zero-order chi connectivity index (χ0) is 24.1.